The van der Waals surface area contributed by atoms with E-state index >= 15 is 0 Å². The quantitative estimate of drug-likeness (QED) is 0.789. The van der Waals surface area contributed by atoms with Gasteiger partial charge in [0.25, 0.3) is 5.76 Å². The van der Waals surface area contributed by atoms with Crippen molar-refractivity contribution in [1.29, 1.82) is 0 Å². The standard InChI is InChI=1S/C10H13F2NO3S2/c1-7(6-14)18(15,16)13-8-4-2-3-5-9(8)17-10(11)12/h2-5,7,10,13-14H,6H2,1H3. The van der Waals surface area contributed by atoms with E-state index < -0.39 is 27.6 Å². The van der Waals surface area contributed by atoms with Crippen molar-refractivity contribution in [3.8, 4) is 0 Å². The molecule has 0 radical (unpaired) electrons. The van der Waals surface area contributed by atoms with Gasteiger partial charge in [-0.25, -0.2) is 8.42 Å². The summed E-state index contributed by atoms with van der Waals surface area (Å²) >= 11 is 0.262. The number of sulfonamides is 1. The van der Waals surface area contributed by atoms with Crippen molar-refractivity contribution in [1.82, 2.24) is 0 Å². The Bertz CT molecular complexity index is 494. The van der Waals surface area contributed by atoms with E-state index in [9.17, 15) is 17.2 Å². The molecule has 0 heterocycles. The van der Waals surface area contributed by atoms with Crippen LogP contribution in [0.15, 0.2) is 29.2 Å². The summed E-state index contributed by atoms with van der Waals surface area (Å²) in [5.74, 6) is -2.63. The average Bonchev–Trinajstić information content (AvgIpc) is 2.29. The number of aliphatic hydroxyl groups is 1. The summed E-state index contributed by atoms with van der Waals surface area (Å²) in [4.78, 5) is 0.140. The van der Waals surface area contributed by atoms with Crippen LogP contribution in [0.25, 0.3) is 0 Å². The fraction of sp³-hybridized carbons (Fsp3) is 0.400. The van der Waals surface area contributed by atoms with Crippen molar-refractivity contribution in [2.45, 2.75) is 22.8 Å². The highest BCUT2D eigenvalue weighted by atomic mass is 32.2. The molecule has 0 fully saturated rings. The number of halogens is 2. The Balaban J connectivity index is 2.97. The van der Waals surface area contributed by atoms with Gasteiger partial charge in [-0.3, -0.25) is 4.72 Å². The number of alkyl halides is 2. The lowest BCUT2D eigenvalue weighted by atomic mass is 10.3. The van der Waals surface area contributed by atoms with Gasteiger partial charge < -0.3 is 5.11 Å². The van der Waals surface area contributed by atoms with Gasteiger partial charge in [0.05, 0.1) is 12.3 Å². The molecule has 0 amide bonds. The van der Waals surface area contributed by atoms with E-state index in [2.05, 4.69) is 4.72 Å². The fourth-order valence-electron chi connectivity index (χ4n) is 1.10. The average molecular weight is 297 g/mol. The largest absolute Gasteiger partial charge is 0.395 e. The summed E-state index contributed by atoms with van der Waals surface area (Å²) < 4.78 is 50.2. The van der Waals surface area contributed by atoms with Crippen LogP contribution in [0.1, 0.15) is 6.92 Å². The van der Waals surface area contributed by atoms with Gasteiger partial charge in [0.2, 0.25) is 10.0 Å². The first-order chi connectivity index (χ1) is 8.36. The number of thioether (sulfide) groups is 1. The Morgan fingerprint density at radius 3 is 2.56 bits per heavy atom. The van der Waals surface area contributed by atoms with Crippen molar-refractivity contribution in [2.24, 2.45) is 0 Å². The van der Waals surface area contributed by atoms with Crippen molar-refractivity contribution >= 4 is 27.5 Å². The lowest BCUT2D eigenvalue weighted by Crippen LogP contribution is -2.28. The van der Waals surface area contributed by atoms with Gasteiger partial charge in [-0.1, -0.05) is 23.9 Å². The molecule has 0 aliphatic rings. The highest BCUT2D eigenvalue weighted by Crippen LogP contribution is 2.32. The molecule has 0 aliphatic carbocycles. The van der Waals surface area contributed by atoms with Crippen LogP contribution < -0.4 is 4.72 Å². The van der Waals surface area contributed by atoms with Gasteiger partial charge in [-0.15, -0.1) is 0 Å². The summed E-state index contributed by atoms with van der Waals surface area (Å²) in [5, 5.41) is 7.81. The van der Waals surface area contributed by atoms with Crippen molar-refractivity contribution < 1.29 is 22.3 Å². The smallest absolute Gasteiger partial charge is 0.288 e. The van der Waals surface area contributed by atoms with E-state index in [-0.39, 0.29) is 22.3 Å². The zero-order valence-corrected chi connectivity index (χ0v) is 11.1. The van der Waals surface area contributed by atoms with Gasteiger partial charge in [-0.05, 0) is 19.1 Å². The van der Waals surface area contributed by atoms with E-state index in [1.807, 2.05) is 0 Å². The third kappa shape index (κ3) is 4.11. The Morgan fingerprint density at radius 1 is 1.39 bits per heavy atom. The van der Waals surface area contributed by atoms with Crippen LogP contribution in [-0.4, -0.2) is 31.1 Å². The number of para-hydroxylation sites is 1. The normalized spacial score (nSPS) is 13.6. The van der Waals surface area contributed by atoms with Crippen LogP contribution in [-0.2, 0) is 10.0 Å². The number of anilines is 1. The number of aliphatic hydroxyl groups excluding tert-OH is 1. The Labute approximate surface area is 108 Å². The molecule has 8 heteroatoms. The number of hydrogen-bond donors (Lipinski definition) is 2. The third-order valence-electron chi connectivity index (χ3n) is 2.14. The highest BCUT2D eigenvalue weighted by molar-refractivity contribution is 8.00. The molecular formula is C10H13F2NO3S2. The Kier molecular flexibility index (Phi) is 5.36. The maximum absolute atomic E-state index is 12.3. The second-order valence-electron chi connectivity index (χ2n) is 3.51. The molecular weight excluding hydrogens is 284 g/mol. The van der Waals surface area contributed by atoms with Gasteiger partial charge in [-0.2, -0.15) is 8.78 Å². The Morgan fingerprint density at radius 2 is 2.00 bits per heavy atom. The number of nitrogens with one attached hydrogen (secondary N) is 1. The molecule has 0 aromatic heterocycles. The third-order valence-corrected chi connectivity index (χ3v) is 4.64. The molecule has 0 saturated heterocycles. The minimum atomic E-state index is -3.78. The lowest BCUT2D eigenvalue weighted by Gasteiger charge is -2.15. The minimum Gasteiger partial charge on any atom is -0.395 e. The van der Waals surface area contributed by atoms with E-state index in [4.69, 9.17) is 5.11 Å². The monoisotopic (exact) mass is 297 g/mol. The molecule has 1 atom stereocenters. The van der Waals surface area contributed by atoms with Crippen molar-refractivity contribution in [3.63, 3.8) is 0 Å². The SMILES string of the molecule is CC(CO)S(=O)(=O)Nc1ccccc1SC(F)F. The summed E-state index contributed by atoms with van der Waals surface area (Å²) in [5.41, 5.74) is 0.0862. The maximum atomic E-state index is 12.3. The predicted molar refractivity (Wildman–Crippen MR) is 67.4 cm³/mol. The van der Waals surface area contributed by atoms with Crippen LogP contribution >= 0.6 is 11.8 Å². The number of rotatable bonds is 6. The van der Waals surface area contributed by atoms with Crippen LogP contribution in [0, 0.1) is 0 Å². The molecule has 1 rings (SSSR count). The van der Waals surface area contributed by atoms with Gasteiger partial charge in [0.1, 0.15) is 5.25 Å². The summed E-state index contributed by atoms with van der Waals surface area (Å²) in [6, 6.07) is 5.87. The van der Waals surface area contributed by atoms with E-state index in [1.165, 1.54) is 31.2 Å². The van der Waals surface area contributed by atoms with E-state index in [1.54, 1.807) is 0 Å². The topological polar surface area (TPSA) is 66.4 Å². The first-order valence-corrected chi connectivity index (χ1v) is 7.45. The molecule has 1 unspecified atom stereocenters. The first kappa shape index (κ1) is 15.2. The number of benzene rings is 1. The molecule has 2 N–H and O–H groups in total. The minimum absolute atomic E-state index is 0.0862. The van der Waals surface area contributed by atoms with Crippen LogP contribution in [0.4, 0.5) is 14.5 Å². The zero-order valence-electron chi connectivity index (χ0n) is 9.51. The molecule has 0 aliphatic heterocycles. The molecule has 18 heavy (non-hydrogen) atoms. The van der Waals surface area contributed by atoms with Crippen LogP contribution in [0.2, 0.25) is 0 Å². The first-order valence-electron chi connectivity index (χ1n) is 5.03. The maximum Gasteiger partial charge on any atom is 0.288 e. The van der Waals surface area contributed by atoms with Crippen molar-refractivity contribution in [3.05, 3.63) is 24.3 Å². The molecule has 1 aromatic rings. The molecule has 0 spiro atoms. The fourth-order valence-corrected chi connectivity index (χ4v) is 2.64. The second kappa shape index (κ2) is 6.35. The van der Waals surface area contributed by atoms with Gasteiger partial charge >= 0.3 is 0 Å². The summed E-state index contributed by atoms with van der Waals surface area (Å²) in [6.07, 6.45) is 0. The molecule has 102 valence electrons. The van der Waals surface area contributed by atoms with Crippen LogP contribution in [0.3, 0.4) is 0 Å². The van der Waals surface area contributed by atoms with Gasteiger partial charge in [0, 0.05) is 4.90 Å². The van der Waals surface area contributed by atoms with Crippen molar-refractivity contribution in [2.75, 3.05) is 11.3 Å². The van der Waals surface area contributed by atoms with E-state index in [0.29, 0.717) is 0 Å². The summed E-state index contributed by atoms with van der Waals surface area (Å²) in [7, 11) is -3.78. The van der Waals surface area contributed by atoms with Crippen LogP contribution in [0.5, 0.6) is 0 Å². The predicted octanol–water partition coefficient (Wildman–Crippen LogP) is 2.12. The molecule has 0 saturated carbocycles. The second-order valence-corrected chi connectivity index (χ2v) is 6.65. The molecule has 1 aromatic carbocycles. The summed E-state index contributed by atoms with van der Waals surface area (Å²) in [6.45, 7) is 0.782. The molecule has 0 bridgehead atoms. The van der Waals surface area contributed by atoms with E-state index in [0.717, 1.165) is 0 Å². The number of hydrogen-bond acceptors (Lipinski definition) is 4. The highest BCUT2D eigenvalue weighted by Gasteiger charge is 2.21. The Hall–Kier alpha value is -0.860. The zero-order chi connectivity index (χ0) is 13.8. The van der Waals surface area contributed by atoms with Gasteiger partial charge in [0.15, 0.2) is 0 Å². The molecule has 4 nitrogen and oxygen atoms in total. The lowest BCUT2D eigenvalue weighted by molar-refractivity contribution is 0.252.